The number of hydrogen-bond acceptors (Lipinski definition) is 0. The van der Waals surface area contributed by atoms with Crippen molar-refractivity contribution >= 4 is 0 Å². The Kier molecular flexibility index (Phi) is 6.74. The maximum atomic E-state index is 2.42. The van der Waals surface area contributed by atoms with E-state index in [2.05, 4.69) is 188 Å². The summed E-state index contributed by atoms with van der Waals surface area (Å²) in [6, 6.07) is 69.6. The Morgan fingerprint density at radius 1 is 0.280 bits per heavy atom. The molecule has 0 aliphatic heterocycles. The fraction of sp³-hybridized carbons (Fsp3) is 0.0400. The van der Waals surface area contributed by atoms with Gasteiger partial charge < -0.3 is 0 Å². The Morgan fingerprint density at radius 3 is 1.44 bits per heavy atom. The van der Waals surface area contributed by atoms with Crippen molar-refractivity contribution in [3.8, 4) is 66.8 Å². The quantitative estimate of drug-likeness (QED) is 0.177. The minimum absolute atomic E-state index is 0.201. The number of hydrogen-bond donors (Lipinski definition) is 0. The van der Waals surface area contributed by atoms with Crippen molar-refractivity contribution in [3.63, 3.8) is 0 Å². The van der Waals surface area contributed by atoms with Gasteiger partial charge in [0.05, 0.1) is 0 Å². The molecule has 8 aromatic rings. The molecule has 234 valence electrons. The van der Waals surface area contributed by atoms with E-state index in [1.807, 2.05) is 0 Å². The van der Waals surface area contributed by atoms with Gasteiger partial charge in [0.1, 0.15) is 0 Å². The van der Waals surface area contributed by atoms with Crippen LogP contribution in [0.1, 0.15) is 33.7 Å². The van der Waals surface area contributed by atoms with Crippen LogP contribution in [0, 0.1) is 0 Å². The smallest absolute Gasteiger partial charge is 0.0352 e. The van der Waals surface area contributed by atoms with Crippen LogP contribution in [-0.2, 0) is 6.42 Å². The zero-order valence-electron chi connectivity index (χ0n) is 27.7. The molecule has 0 spiro atoms. The van der Waals surface area contributed by atoms with Gasteiger partial charge >= 0.3 is 0 Å². The van der Waals surface area contributed by atoms with E-state index >= 15 is 0 Å². The summed E-state index contributed by atoms with van der Waals surface area (Å²) in [5, 5.41) is 0. The maximum Gasteiger partial charge on any atom is 0.0352 e. The summed E-state index contributed by atoms with van der Waals surface area (Å²) in [6.45, 7) is 0. The highest BCUT2D eigenvalue weighted by Gasteiger charge is 2.30. The first-order valence-electron chi connectivity index (χ1n) is 17.6. The molecule has 10 rings (SSSR count). The second-order valence-corrected chi connectivity index (χ2v) is 13.7. The molecule has 0 heterocycles. The molecule has 0 amide bonds. The maximum absolute atomic E-state index is 2.42. The second-order valence-electron chi connectivity index (χ2n) is 13.7. The fourth-order valence-corrected chi connectivity index (χ4v) is 8.30. The van der Waals surface area contributed by atoms with Gasteiger partial charge in [-0.05, 0) is 131 Å². The molecule has 1 unspecified atom stereocenters. The molecule has 8 aromatic carbocycles. The third kappa shape index (κ3) is 4.84. The second kappa shape index (κ2) is 11.7. The van der Waals surface area contributed by atoms with Gasteiger partial charge in [-0.1, -0.05) is 158 Å². The first kappa shape index (κ1) is 28.7. The van der Waals surface area contributed by atoms with Crippen LogP contribution in [0.5, 0.6) is 0 Å². The Morgan fingerprint density at radius 2 is 0.760 bits per heavy atom. The summed E-state index contributed by atoms with van der Waals surface area (Å²) in [5.41, 5.74) is 22.3. The van der Waals surface area contributed by atoms with Crippen LogP contribution in [0.4, 0.5) is 0 Å². The van der Waals surface area contributed by atoms with Gasteiger partial charge in [0, 0.05) is 5.92 Å². The molecule has 0 radical (unpaired) electrons. The van der Waals surface area contributed by atoms with E-state index in [0.29, 0.717) is 0 Å². The highest BCUT2D eigenvalue weighted by atomic mass is 14.3. The molecular formula is C50H34. The van der Waals surface area contributed by atoms with Crippen molar-refractivity contribution in [3.05, 3.63) is 216 Å². The molecule has 2 aliphatic rings. The van der Waals surface area contributed by atoms with Gasteiger partial charge in [0.25, 0.3) is 0 Å². The molecule has 0 saturated heterocycles. The summed E-state index contributed by atoms with van der Waals surface area (Å²) in [5.74, 6) is 0.201. The van der Waals surface area contributed by atoms with E-state index in [0.717, 1.165) is 6.42 Å². The SMILES string of the molecule is c1ccc(-c2cc(-c3ccccc3)cc(-c3ccc(C4c5ccccc5-c5cc(-c6ccc7c(c6)-c6ccccc6C7)ccc54)cc3)c2)cc1. The van der Waals surface area contributed by atoms with Crippen molar-refractivity contribution in [2.45, 2.75) is 12.3 Å². The van der Waals surface area contributed by atoms with Gasteiger partial charge in [-0.15, -0.1) is 0 Å². The minimum atomic E-state index is 0.201. The number of benzene rings is 8. The van der Waals surface area contributed by atoms with Crippen molar-refractivity contribution in [1.82, 2.24) is 0 Å². The topological polar surface area (TPSA) is 0 Å². The lowest BCUT2D eigenvalue weighted by atomic mass is 9.87. The van der Waals surface area contributed by atoms with Crippen LogP contribution in [0.3, 0.4) is 0 Å². The number of rotatable bonds is 5. The van der Waals surface area contributed by atoms with Crippen molar-refractivity contribution in [2.75, 3.05) is 0 Å². The normalized spacial score (nSPS) is 13.7. The molecule has 0 bridgehead atoms. The van der Waals surface area contributed by atoms with Crippen LogP contribution in [0.25, 0.3) is 66.8 Å². The van der Waals surface area contributed by atoms with E-state index in [-0.39, 0.29) is 5.92 Å². The van der Waals surface area contributed by atoms with Crippen LogP contribution >= 0.6 is 0 Å². The van der Waals surface area contributed by atoms with Gasteiger partial charge in [-0.25, -0.2) is 0 Å². The molecule has 2 aliphatic carbocycles. The summed E-state index contributed by atoms with van der Waals surface area (Å²) >= 11 is 0. The molecule has 0 heteroatoms. The van der Waals surface area contributed by atoms with Gasteiger partial charge in [-0.2, -0.15) is 0 Å². The summed E-state index contributed by atoms with van der Waals surface area (Å²) < 4.78 is 0. The average molecular weight is 635 g/mol. The summed E-state index contributed by atoms with van der Waals surface area (Å²) in [4.78, 5) is 0. The molecule has 1 atom stereocenters. The Labute approximate surface area is 294 Å². The largest absolute Gasteiger partial charge is 0.0622 e. The Bertz CT molecular complexity index is 2480. The van der Waals surface area contributed by atoms with Crippen molar-refractivity contribution in [2.24, 2.45) is 0 Å². The third-order valence-electron chi connectivity index (χ3n) is 10.8. The molecule has 0 N–H and O–H groups in total. The highest BCUT2D eigenvalue weighted by Crippen LogP contribution is 2.50. The Balaban J connectivity index is 1.02. The first-order chi connectivity index (χ1) is 24.8. The van der Waals surface area contributed by atoms with E-state index in [9.17, 15) is 0 Å². The lowest BCUT2D eigenvalue weighted by Gasteiger charge is -2.16. The zero-order valence-corrected chi connectivity index (χ0v) is 27.7. The van der Waals surface area contributed by atoms with Crippen LogP contribution in [-0.4, -0.2) is 0 Å². The van der Waals surface area contributed by atoms with E-state index in [4.69, 9.17) is 0 Å². The third-order valence-corrected chi connectivity index (χ3v) is 10.8. The van der Waals surface area contributed by atoms with Gasteiger partial charge in [0.2, 0.25) is 0 Å². The standard InChI is InChI=1S/C50H34/c1-3-11-33(12-4-1)41-28-42(34-13-5-2-6-14-34)30-43(29-41)35-19-21-36(22-20-35)50-46-18-10-9-17-45(46)49-32-38(25-26-47(49)50)37-23-24-40-27-39-15-7-8-16-44(39)48(40)31-37/h1-26,28-32,50H,27H2. The molecule has 0 aromatic heterocycles. The van der Waals surface area contributed by atoms with E-state index in [1.54, 1.807) is 0 Å². The zero-order chi connectivity index (χ0) is 33.0. The van der Waals surface area contributed by atoms with Crippen LogP contribution in [0.15, 0.2) is 188 Å². The highest BCUT2D eigenvalue weighted by molar-refractivity contribution is 5.87. The van der Waals surface area contributed by atoms with Gasteiger partial charge in [0.15, 0.2) is 0 Å². The minimum Gasteiger partial charge on any atom is -0.0622 e. The molecule has 50 heavy (non-hydrogen) atoms. The average Bonchev–Trinajstić information content (AvgIpc) is 3.73. The van der Waals surface area contributed by atoms with E-state index < -0.39 is 0 Å². The monoisotopic (exact) mass is 634 g/mol. The van der Waals surface area contributed by atoms with Crippen LogP contribution < -0.4 is 0 Å². The van der Waals surface area contributed by atoms with Crippen molar-refractivity contribution in [1.29, 1.82) is 0 Å². The van der Waals surface area contributed by atoms with Crippen molar-refractivity contribution < 1.29 is 0 Å². The predicted octanol–water partition coefficient (Wildman–Crippen LogP) is 13.1. The Hall–Kier alpha value is -6.24. The molecule has 0 fully saturated rings. The van der Waals surface area contributed by atoms with E-state index in [1.165, 1.54) is 94.6 Å². The van der Waals surface area contributed by atoms with Gasteiger partial charge in [-0.3, -0.25) is 0 Å². The molecule has 0 saturated carbocycles. The lowest BCUT2D eigenvalue weighted by molar-refractivity contribution is 1.02. The fourth-order valence-electron chi connectivity index (χ4n) is 8.30. The lowest BCUT2D eigenvalue weighted by Crippen LogP contribution is -1.99. The summed E-state index contributed by atoms with van der Waals surface area (Å²) in [6.07, 6.45) is 1.02. The molecular weight excluding hydrogens is 601 g/mol. The van der Waals surface area contributed by atoms with Crippen LogP contribution in [0.2, 0.25) is 0 Å². The number of fused-ring (bicyclic) bond motifs is 6. The first-order valence-corrected chi connectivity index (χ1v) is 17.6. The predicted molar refractivity (Wildman–Crippen MR) is 209 cm³/mol. The summed E-state index contributed by atoms with van der Waals surface area (Å²) in [7, 11) is 0. The molecule has 0 nitrogen and oxygen atoms in total.